The molecule has 3 fully saturated rings. The molecule has 8 atom stereocenters. The summed E-state index contributed by atoms with van der Waals surface area (Å²) in [5, 5.41) is 19.6. The van der Waals surface area contributed by atoms with Crippen LogP contribution in [0.1, 0.15) is 40.0 Å². The van der Waals surface area contributed by atoms with Crippen LogP contribution in [0.4, 0.5) is 0 Å². The van der Waals surface area contributed by atoms with Crippen LogP contribution in [0.2, 0.25) is 0 Å². The Morgan fingerprint density at radius 3 is 2.71 bits per heavy atom. The van der Waals surface area contributed by atoms with E-state index in [-0.39, 0.29) is 29.6 Å². The Labute approximate surface area is 124 Å². The fourth-order valence-electron chi connectivity index (χ4n) is 4.52. The average Bonchev–Trinajstić information content (AvgIpc) is 2.57. The van der Waals surface area contributed by atoms with Crippen LogP contribution >= 0.6 is 0 Å². The molecule has 2 N–H and O–H groups in total. The second-order valence-corrected chi connectivity index (χ2v) is 7.07. The molecule has 0 radical (unpaired) electrons. The van der Waals surface area contributed by atoms with Gasteiger partial charge in [-0.3, -0.25) is 4.79 Å². The fraction of sp³-hybridized carbons (Fsp3) is 0.933. The standard InChI is InChI=1S/C15H24O6/c1-7-6-10(16)11-8(2)13(17)19-14-12(11)9(7)4-5-15(3,20-14)21-18/h7-12,14,16,18H,4-6H2,1-3H3/t7-,8-,9+,10-,11-,12?,14-,15?/m1/s1. The minimum atomic E-state index is -1.17. The van der Waals surface area contributed by atoms with Gasteiger partial charge in [-0.15, -0.1) is 0 Å². The molecule has 2 saturated heterocycles. The van der Waals surface area contributed by atoms with Gasteiger partial charge in [0.05, 0.1) is 12.0 Å². The van der Waals surface area contributed by atoms with Crippen LogP contribution in [0, 0.1) is 29.6 Å². The van der Waals surface area contributed by atoms with Crippen LogP contribution in [-0.2, 0) is 19.2 Å². The van der Waals surface area contributed by atoms with Crippen molar-refractivity contribution in [1.29, 1.82) is 0 Å². The number of hydrogen-bond acceptors (Lipinski definition) is 6. The van der Waals surface area contributed by atoms with Crippen LogP contribution in [-0.4, -0.2) is 34.5 Å². The van der Waals surface area contributed by atoms with Gasteiger partial charge in [0.15, 0.2) is 0 Å². The van der Waals surface area contributed by atoms with Crippen molar-refractivity contribution in [1.82, 2.24) is 0 Å². The maximum atomic E-state index is 12.1. The average molecular weight is 300 g/mol. The zero-order chi connectivity index (χ0) is 15.4. The summed E-state index contributed by atoms with van der Waals surface area (Å²) >= 11 is 0. The molecule has 1 saturated carbocycles. The number of aliphatic hydroxyl groups is 1. The fourth-order valence-corrected chi connectivity index (χ4v) is 4.52. The SMILES string of the molecule is C[C@@H]1C[C@@H](O)[C@@H]2C3[C@H](OC(=O)[C@@H]2C)OC(C)(OO)CC[C@H]31. The van der Waals surface area contributed by atoms with Crippen LogP contribution in [0.25, 0.3) is 0 Å². The molecule has 3 rings (SSSR count). The highest BCUT2D eigenvalue weighted by Gasteiger charge is 2.57. The lowest BCUT2D eigenvalue weighted by Crippen LogP contribution is -2.56. The first-order valence-electron chi connectivity index (χ1n) is 7.75. The Bertz CT molecular complexity index is 426. The summed E-state index contributed by atoms with van der Waals surface area (Å²) in [7, 11) is 0. The molecule has 6 nitrogen and oxygen atoms in total. The topological polar surface area (TPSA) is 85.2 Å². The van der Waals surface area contributed by atoms with Gasteiger partial charge < -0.3 is 14.6 Å². The van der Waals surface area contributed by atoms with Gasteiger partial charge in [-0.2, -0.15) is 0 Å². The molecule has 2 heterocycles. The van der Waals surface area contributed by atoms with E-state index in [1.165, 1.54) is 0 Å². The van der Waals surface area contributed by atoms with Crippen molar-refractivity contribution in [2.45, 2.75) is 58.2 Å². The van der Waals surface area contributed by atoms with Crippen molar-refractivity contribution >= 4 is 5.97 Å². The molecule has 2 unspecified atom stereocenters. The molecular weight excluding hydrogens is 276 g/mol. The van der Waals surface area contributed by atoms with Gasteiger partial charge >= 0.3 is 5.97 Å². The lowest BCUT2D eigenvalue weighted by Gasteiger charge is -2.50. The smallest absolute Gasteiger partial charge is 0.311 e. The van der Waals surface area contributed by atoms with E-state index in [2.05, 4.69) is 11.8 Å². The van der Waals surface area contributed by atoms with Crippen LogP contribution in [0.15, 0.2) is 0 Å². The van der Waals surface area contributed by atoms with Crippen LogP contribution < -0.4 is 0 Å². The summed E-state index contributed by atoms with van der Waals surface area (Å²) in [5.41, 5.74) is 0. The highest BCUT2D eigenvalue weighted by molar-refractivity contribution is 5.73. The molecular formula is C15H24O6. The first-order chi connectivity index (χ1) is 9.86. The van der Waals surface area contributed by atoms with Crippen molar-refractivity contribution in [3.05, 3.63) is 0 Å². The molecule has 0 aromatic heterocycles. The Hall–Kier alpha value is -0.690. The molecule has 1 aliphatic carbocycles. The maximum Gasteiger partial charge on any atom is 0.311 e. The Balaban J connectivity index is 1.98. The van der Waals surface area contributed by atoms with E-state index in [0.717, 1.165) is 6.42 Å². The zero-order valence-electron chi connectivity index (χ0n) is 12.7. The predicted octanol–water partition coefficient (Wildman–Crippen LogP) is 1.77. The third-order valence-electron chi connectivity index (χ3n) is 5.71. The molecule has 0 bridgehead atoms. The molecule has 120 valence electrons. The minimum absolute atomic E-state index is 0.0478. The summed E-state index contributed by atoms with van der Waals surface area (Å²) in [6.07, 6.45) is 0.746. The summed E-state index contributed by atoms with van der Waals surface area (Å²) in [4.78, 5) is 16.6. The lowest BCUT2D eigenvalue weighted by atomic mass is 9.60. The van der Waals surface area contributed by atoms with E-state index in [9.17, 15) is 9.90 Å². The number of rotatable bonds is 1. The van der Waals surface area contributed by atoms with Gasteiger partial charge in [0.1, 0.15) is 0 Å². The monoisotopic (exact) mass is 300 g/mol. The zero-order valence-corrected chi connectivity index (χ0v) is 12.7. The largest absolute Gasteiger partial charge is 0.435 e. The van der Waals surface area contributed by atoms with E-state index in [1.54, 1.807) is 6.92 Å². The van der Waals surface area contributed by atoms with Gasteiger partial charge in [0.2, 0.25) is 12.1 Å². The predicted molar refractivity (Wildman–Crippen MR) is 71.7 cm³/mol. The summed E-state index contributed by atoms with van der Waals surface area (Å²) in [6, 6.07) is 0. The lowest BCUT2D eigenvalue weighted by molar-refractivity contribution is -0.426. The second-order valence-electron chi connectivity index (χ2n) is 7.07. The van der Waals surface area contributed by atoms with Crippen LogP contribution in [0.3, 0.4) is 0 Å². The molecule has 21 heavy (non-hydrogen) atoms. The maximum absolute atomic E-state index is 12.1. The van der Waals surface area contributed by atoms with Crippen LogP contribution in [0.5, 0.6) is 0 Å². The first kappa shape index (κ1) is 15.2. The Morgan fingerprint density at radius 1 is 1.33 bits per heavy atom. The van der Waals surface area contributed by atoms with Crippen molar-refractivity contribution in [3.8, 4) is 0 Å². The van der Waals surface area contributed by atoms with Gasteiger partial charge in [-0.1, -0.05) is 13.8 Å². The Morgan fingerprint density at radius 2 is 2.05 bits per heavy atom. The molecule has 0 aromatic rings. The van der Waals surface area contributed by atoms with Crippen molar-refractivity contribution < 1.29 is 29.5 Å². The van der Waals surface area contributed by atoms with E-state index in [0.29, 0.717) is 18.8 Å². The van der Waals surface area contributed by atoms with Gasteiger partial charge in [-0.25, -0.2) is 10.1 Å². The minimum Gasteiger partial charge on any atom is -0.435 e. The highest BCUT2D eigenvalue weighted by Crippen LogP contribution is 2.52. The first-order valence-corrected chi connectivity index (χ1v) is 7.75. The normalized spacial score (nSPS) is 53.6. The number of carbonyl (C=O) groups excluding carboxylic acids is 1. The highest BCUT2D eigenvalue weighted by atomic mass is 17.1. The number of ether oxygens (including phenoxy) is 2. The van der Waals surface area contributed by atoms with Crippen molar-refractivity contribution in [2.24, 2.45) is 29.6 Å². The van der Waals surface area contributed by atoms with Crippen molar-refractivity contribution in [2.75, 3.05) is 0 Å². The van der Waals surface area contributed by atoms with E-state index in [4.69, 9.17) is 14.7 Å². The van der Waals surface area contributed by atoms with E-state index in [1.807, 2.05) is 6.92 Å². The van der Waals surface area contributed by atoms with E-state index < -0.39 is 18.2 Å². The number of hydrogen-bond donors (Lipinski definition) is 2. The second kappa shape index (κ2) is 5.19. The summed E-state index contributed by atoms with van der Waals surface area (Å²) < 4.78 is 11.2. The molecule has 0 spiro atoms. The van der Waals surface area contributed by atoms with Gasteiger partial charge in [0.25, 0.3) is 0 Å². The van der Waals surface area contributed by atoms with Gasteiger partial charge in [0, 0.05) is 18.3 Å². The number of carbonyl (C=O) groups is 1. The Kier molecular flexibility index (Phi) is 3.76. The molecule has 3 aliphatic rings. The molecule has 6 heteroatoms. The number of aliphatic hydroxyl groups excluding tert-OH is 1. The molecule has 2 aliphatic heterocycles. The quantitative estimate of drug-likeness (QED) is 0.436. The van der Waals surface area contributed by atoms with Crippen molar-refractivity contribution in [3.63, 3.8) is 0 Å². The molecule has 0 amide bonds. The third-order valence-corrected chi connectivity index (χ3v) is 5.71. The summed E-state index contributed by atoms with van der Waals surface area (Å²) in [5.74, 6) is -1.45. The summed E-state index contributed by atoms with van der Waals surface area (Å²) in [6.45, 7) is 5.57. The molecule has 0 aromatic carbocycles. The third kappa shape index (κ3) is 2.38. The van der Waals surface area contributed by atoms with E-state index >= 15 is 0 Å². The van der Waals surface area contributed by atoms with Gasteiger partial charge in [-0.05, 0) is 31.6 Å². The number of esters is 1.